The van der Waals surface area contributed by atoms with E-state index in [1.807, 2.05) is 11.8 Å². The van der Waals surface area contributed by atoms with Crippen LogP contribution in [0, 0.1) is 10.1 Å². The fourth-order valence-corrected chi connectivity index (χ4v) is 3.42. The highest BCUT2D eigenvalue weighted by Crippen LogP contribution is 2.37. The Bertz CT molecular complexity index is 861. The fraction of sp³-hybridized carbons (Fsp3) is 0.444. The van der Waals surface area contributed by atoms with Gasteiger partial charge in [-0.15, -0.1) is 13.2 Å². The monoisotopic (exact) mass is 411 g/mol. The molecule has 0 spiro atoms. The van der Waals surface area contributed by atoms with Gasteiger partial charge in [0, 0.05) is 18.3 Å². The van der Waals surface area contributed by atoms with Crippen LogP contribution in [0.25, 0.3) is 0 Å². The van der Waals surface area contributed by atoms with Crippen LogP contribution in [-0.4, -0.2) is 33.8 Å². The first-order valence-electron chi connectivity index (χ1n) is 9.17. The fourth-order valence-electron chi connectivity index (χ4n) is 3.42. The molecule has 156 valence electrons. The second-order valence-corrected chi connectivity index (χ2v) is 6.60. The van der Waals surface area contributed by atoms with Gasteiger partial charge in [0.2, 0.25) is 11.6 Å². The molecule has 1 fully saturated rings. The lowest BCUT2D eigenvalue weighted by atomic mass is 10.00. The van der Waals surface area contributed by atoms with Gasteiger partial charge in [0.05, 0.1) is 4.92 Å². The van der Waals surface area contributed by atoms with Gasteiger partial charge in [-0.1, -0.05) is 6.92 Å². The zero-order chi connectivity index (χ0) is 21.0. The van der Waals surface area contributed by atoms with Crippen LogP contribution in [0.3, 0.4) is 0 Å². The lowest BCUT2D eigenvalue weighted by Gasteiger charge is -2.35. The van der Waals surface area contributed by atoms with Crippen LogP contribution >= 0.6 is 0 Å². The van der Waals surface area contributed by atoms with Crippen LogP contribution < -0.4 is 15.0 Å². The number of aromatic nitrogens is 2. The maximum Gasteiger partial charge on any atom is 0.573 e. The highest BCUT2D eigenvalue weighted by Gasteiger charge is 2.32. The van der Waals surface area contributed by atoms with E-state index in [2.05, 4.69) is 20.0 Å². The molecule has 1 atom stereocenters. The molecule has 1 N–H and O–H groups in total. The van der Waals surface area contributed by atoms with E-state index < -0.39 is 11.3 Å². The van der Waals surface area contributed by atoms with Gasteiger partial charge in [0.25, 0.3) is 0 Å². The number of anilines is 3. The third-order valence-corrected chi connectivity index (χ3v) is 4.71. The van der Waals surface area contributed by atoms with Crippen molar-refractivity contribution in [1.29, 1.82) is 0 Å². The first kappa shape index (κ1) is 20.6. The smallest absolute Gasteiger partial charge is 0.406 e. The lowest BCUT2D eigenvalue weighted by molar-refractivity contribution is -0.383. The Morgan fingerprint density at radius 1 is 1.28 bits per heavy atom. The third kappa shape index (κ3) is 5.04. The van der Waals surface area contributed by atoms with E-state index in [-0.39, 0.29) is 29.1 Å². The van der Waals surface area contributed by atoms with Crippen LogP contribution in [0.4, 0.5) is 36.2 Å². The van der Waals surface area contributed by atoms with Crippen molar-refractivity contribution < 1.29 is 22.8 Å². The van der Waals surface area contributed by atoms with Gasteiger partial charge < -0.3 is 15.0 Å². The molecule has 0 saturated carbocycles. The molecular formula is C18H20F3N5O3. The van der Waals surface area contributed by atoms with E-state index in [4.69, 9.17) is 0 Å². The van der Waals surface area contributed by atoms with Crippen molar-refractivity contribution in [3.63, 3.8) is 0 Å². The van der Waals surface area contributed by atoms with E-state index in [9.17, 15) is 23.3 Å². The van der Waals surface area contributed by atoms with Crippen LogP contribution in [0.15, 0.2) is 30.6 Å². The van der Waals surface area contributed by atoms with Crippen molar-refractivity contribution in [1.82, 2.24) is 9.97 Å². The lowest BCUT2D eigenvalue weighted by Crippen LogP contribution is -2.40. The van der Waals surface area contributed by atoms with E-state index in [0.717, 1.165) is 37.8 Å². The average Bonchev–Trinajstić information content (AvgIpc) is 2.68. The molecular weight excluding hydrogens is 391 g/mol. The van der Waals surface area contributed by atoms with Gasteiger partial charge in [0.1, 0.15) is 12.1 Å². The summed E-state index contributed by atoms with van der Waals surface area (Å²) < 4.78 is 40.7. The molecule has 0 radical (unpaired) electrons. The second kappa shape index (κ2) is 8.50. The molecule has 1 aromatic heterocycles. The van der Waals surface area contributed by atoms with Crippen molar-refractivity contribution in [3.05, 3.63) is 40.7 Å². The molecule has 1 aromatic carbocycles. The minimum atomic E-state index is -4.79. The average molecular weight is 411 g/mol. The first-order valence-corrected chi connectivity index (χ1v) is 9.17. The summed E-state index contributed by atoms with van der Waals surface area (Å²) in [4.78, 5) is 21.3. The van der Waals surface area contributed by atoms with Crippen molar-refractivity contribution >= 4 is 23.0 Å². The van der Waals surface area contributed by atoms with E-state index in [1.165, 1.54) is 18.5 Å². The number of nitrogens with zero attached hydrogens (tertiary/aromatic N) is 4. The molecule has 11 heteroatoms. The van der Waals surface area contributed by atoms with Crippen LogP contribution in [0.2, 0.25) is 0 Å². The quantitative estimate of drug-likeness (QED) is 0.539. The minimum absolute atomic E-state index is 0.0232. The van der Waals surface area contributed by atoms with Crippen LogP contribution in [0.5, 0.6) is 5.75 Å². The van der Waals surface area contributed by atoms with E-state index >= 15 is 0 Å². The number of hydrogen-bond donors (Lipinski definition) is 1. The maximum absolute atomic E-state index is 12.3. The normalized spacial score (nSPS) is 17.1. The molecule has 0 aliphatic carbocycles. The van der Waals surface area contributed by atoms with Gasteiger partial charge in [-0.3, -0.25) is 10.1 Å². The Kier molecular flexibility index (Phi) is 6.04. The number of benzene rings is 1. The Morgan fingerprint density at radius 3 is 2.62 bits per heavy atom. The summed E-state index contributed by atoms with van der Waals surface area (Å²) in [5.41, 5.74) is 0.0708. The van der Waals surface area contributed by atoms with Gasteiger partial charge >= 0.3 is 12.0 Å². The number of alkyl halides is 3. The van der Waals surface area contributed by atoms with Crippen molar-refractivity contribution in [2.45, 2.75) is 45.0 Å². The standard InChI is InChI=1S/C18H20F3N5O3/c1-2-13-5-3-4-10-25(13)17-15(26(27)28)16(22-11-23-17)24-12-6-8-14(9-7-12)29-18(19,20)21/h6-9,11,13H,2-5,10H2,1H3,(H,22,23,24). The zero-order valence-electron chi connectivity index (χ0n) is 15.6. The first-order chi connectivity index (χ1) is 13.8. The largest absolute Gasteiger partial charge is 0.573 e. The third-order valence-electron chi connectivity index (χ3n) is 4.71. The summed E-state index contributed by atoms with van der Waals surface area (Å²) in [5, 5.41) is 14.6. The summed E-state index contributed by atoms with van der Waals surface area (Å²) in [7, 11) is 0. The number of nitrogens with one attached hydrogen (secondary N) is 1. The molecule has 1 saturated heterocycles. The minimum Gasteiger partial charge on any atom is -0.406 e. The highest BCUT2D eigenvalue weighted by atomic mass is 19.4. The Morgan fingerprint density at radius 2 is 2.00 bits per heavy atom. The van der Waals surface area contributed by atoms with Gasteiger partial charge in [-0.05, 0) is 49.9 Å². The van der Waals surface area contributed by atoms with Crippen molar-refractivity contribution in [2.24, 2.45) is 0 Å². The van der Waals surface area contributed by atoms with Crippen molar-refractivity contribution in [2.75, 3.05) is 16.8 Å². The van der Waals surface area contributed by atoms with Gasteiger partial charge in [0.15, 0.2) is 0 Å². The van der Waals surface area contributed by atoms with Crippen LogP contribution in [-0.2, 0) is 0 Å². The molecule has 0 bridgehead atoms. The number of hydrogen-bond acceptors (Lipinski definition) is 7. The predicted octanol–water partition coefficient (Wildman–Crippen LogP) is 4.80. The van der Waals surface area contributed by atoms with E-state index in [1.54, 1.807) is 0 Å². The number of nitro groups is 1. The second-order valence-electron chi connectivity index (χ2n) is 6.60. The molecule has 3 rings (SSSR count). The number of ether oxygens (including phenoxy) is 1. The predicted molar refractivity (Wildman–Crippen MR) is 100 cm³/mol. The Labute approximate surface area is 164 Å². The number of rotatable bonds is 6. The molecule has 1 aliphatic heterocycles. The molecule has 1 aliphatic rings. The molecule has 29 heavy (non-hydrogen) atoms. The molecule has 8 nitrogen and oxygen atoms in total. The number of piperidine rings is 1. The molecule has 2 heterocycles. The molecule has 2 aromatic rings. The summed E-state index contributed by atoms with van der Waals surface area (Å²) in [6.07, 6.45) is 0.199. The van der Waals surface area contributed by atoms with Gasteiger partial charge in [-0.2, -0.15) is 0 Å². The Hall–Kier alpha value is -3.11. The summed E-state index contributed by atoms with van der Waals surface area (Å²) in [6, 6.07) is 5.03. The zero-order valence-corrected chi connectivity index (χ0v) is 15.6. The summed E-state index contributed by atoms with van der Waals surface area (Å²) in [6.45, 7) is 2.69. The summed E-state index contributed by atoms with van der Waals surface area (Å²) in [5.74, 6) is -0.166. The maximum atomic E-state index is 12.3. The van der Waals surface area contributed by atoms with E-state index in [0.29, 0.717) is 12.2 Å². The highest BCUT2D eigenvalue weighted by molar-refractivity contribution is 5.74. The summed E-state index contributed by atoms with van der Waals surface area (Å²) >= 11 is 0. The van der Waals surface area contributed by atoms with Crippen molar-refractivity contribution in [3.8, 4) is 5.75 Å². The van der Waals surface area contributed by atoms with Crippen LogP contribution in [0.1, 0.15) is 32.6 Å². The number of halogens is 3. The molecule has 0 amide bonds. The van der Waals surface area contributed by atoms with Gasteiger partial charge in [-0.25, -0.2) is 9.97 Å². The topological polar surface area (TPSA) is 93.4 Å². The SMILES string of the molecule is CCC1CCCCN1c1ncnc(Nc2ccc(OC(F)(F)F)cc2)c1[N+](=O)[O-]. The Balaban J connectivity index is 1.89. The molecule has 1 unspecified atom stereocenters.